The zero-order valence-corrected chi connectivity index (χ0v) is 20.1. The van der Waals surface area contributed by atoms with Crippen molar-refractivity contribution in [1.29, 1.82) is 0 Å². The van der Waals surface area contributed by atoms with Crippen LogP contribution in [0.5, 0.6) is 0 Å². The minimum atomic E-state index is 0. The Bertz CT molecular complexity index is 616. The second-order valence-corrected chi connectivity index (χ2v) is 8.46. The van der Waals surface area contributed by atoms with Gasteiger partial charge < -0.3 is 15.4 Å². The van der Waals surface area contributed by atoms with Gasteiger partial charge in [-0.15, -0.1) is 24.0 Å². The Hall–Kier alpha value is -0.860. The quantitative estimate of drug-likeness (QED) is 0.371. The summed E-state index contributed by atoms with van der Waals surface area (Å²) in [4.78, 5) is 7.05. The van der Waals surface area contributed by atoms with Crippen LogP contribution in [0.4, 0.5) is 0 Å². The third-order valence-electron chi connectivity index (χ3n) is 6.35. The van der Waals surface area contributed by atoms with Gasteiger partial charge in [0.2, 0.25) is 0 Å². The molecule has 6 heteroatoms. The van der Waals surface area contributed by atoms with E-state index >= 15 is 0 Å². The van der Waals surface area contributed by atoms with Gasteiger partial charge in [0.15, 0.2) is 5.96 Å². The SMILES string of the molecule is CN=C(NCC1(c2ccccc2)CCOCC1)NC1CN(C(C)C)CC1C.I. The highest BCUT2D eigenvalue weighted by Crippen LogP contribution is 2.34. The van der Waals surface area contributed by atoms with Crippen molar-refractivity contribution in [3.63, 3.8) is 0 Å². The molecule has 2 N–H and O–H groups in total. The zero-order valence-electron chi connectivity index (χ0n) is 17.8. The summed E-state index contributed by atoms with van der Waals surface area (Å²) in [7, 11) is 1.87. The van der Waals surface area contributed by atoms with E-state index in [0.29, 0.717) is 18.0 Å². The summed E-state index contributed by atoms with van der Waals surface area (Å²) < 4.78 is 5.66. The molecule has 2 aliphatic rings. The van der Waals surface area contributed by atoms with E-state index in [-0.39, 0.29) is 29.4 Å². The van der Waals surface area contributed by atoms with Crippen molar-refractivity contribution in [3.8, 4) is 0 Å². The predicted molar refractivity (Wildman–Crippen MR) is 128 cm³/mol. The van der Waals surface area contributed by atoms with Crippen molar-refractivity contribution in [2.45, 2.75) is 51.1 Å². The Morgan fingerprint density at radius 2 is 1.89 bits per heavy atom. The molecule has 0 bridgehead atoms. The normalized spacial score (nSPS) is 25.4. The number of hydrogen-bond acceptors (Lipinski definition) is 3. The largest absolute Gasteiger partial charge is 0.381 e. The van der Waals surface area contributed by atoms with Crippen LogP contribution in [0.1, 0.15) is 39.2 Å². The van der Waals surface area contributed by atoms with Crippen LogP contribution >= 0.6 is 24.0 Å². The first-order chi connectivity index (χ1) is 13.0. The van der Waals surface area contributed by atoms with Gasteiger partial charge in [0.1, 0.15) is 0 Å². The molecule has 1 aromatic carbocycles. The lowest BCUT2D eigenvalue weighted by Gasteiger charge is -2.38. The van der Waals surface area contributed by atoms with Gasteiger partial charge in [0.25, 0.3) is 0 Å². The number of nitrogens with zero attached hydrogens (tertiary/aromatic N) is 2. The molecule has 2 fully saturated rings. The Kier molecular flexibility index (Phi) is 9.02. The number of guanidine groups is 1. The fraction of sp³-hybridized carbons (Fsp3) is 0.682. The van der Waals surface area contributed by atoms with E-state index in [1.54, 1.807) is 0 Å². The second kappa shape index (κ2) is 10.8. The fourth-order valence-corrected chi connectivity index (χ4v) is 4.36. The Morgan fingerprint density at radius 3 is 2.46 bits per heavy atom. The number of rotatable bonds is 5. The zero-order chi connectivity index (χ0) is 19.3. The van der Waals surface area contributed by atoms with E-state index in [2.05, 4.69) is 71.6 Å². The molecule has 0 spiro atoms. The fourth-order valence-electron chi connectivity index (χ4n) is 4.36. The van der Waals surface area contributed by atoms with E-state index in [0.717, 1.165) is 51.6 Å². The molecule has 2 unspecified atom stereocenters. The summed E-state index contributed by atoms with van der Waals surface area (Å²) >= 11 is 0. The van der Waals surface area contributed by atoms with Gasteiger partial charge in [0.05, 0.1) is 0 Å². The lowest BCUT2D eigenvalue weighted by atomic mass is 9.74. The molecular weight excluding hydrogens is 463 g/mol. The number of aliphatic imine (C=N–C) groups is 1. The van der Waals surface area contributed by atoms with Crippen LogP contribution in [0.3, 0.4) is 0 Å². The number of hydrogen-bond donors (Lipinski definition) is 2. The topological polar surface area (TPSA) is 48.9 Å². The van der Waals surface area contributed by atoms with Crippen molar-refractivity contribution >= 4 is 29.9 Å². The Balaban J connectivity index is 0.00000280. The van der Waals surface area contributed by atoms with E-state index in [1.807, 2.05) is 7.05 Å². The molecule has 0 aromatic heterocycles. The maximum Gasteiger partial charge on any atom is 0.191 e. The lowest BCUT2D eigenvalue weighted by Crippen LogP contribution is -2.51. The molecule has 0 aliphatic carbocycles. The first-order valence-electron chi connectivity index (χ1n) is 10.4. The van der Waals surface area contributed by atoms with Crippen LogP contribution in [0.25, 0.3) is 0 Å². The molecule has 2 saturated heterocycles. The van der Waals surface area contributed by atoms with Gasteiger partial charge in [-0.2, -0.15) is 0 Å². The molecule has 0 amide bonds. The van der Waals surface area contributed by atoms with Crippen LogP contribution in [0, 0.1) is 5.92 Å². The summed E-state index contributed by atoms with van der Waals surface area (Å²) in [6.45, 7) is 11.6. The van der Waals surface area contributed by atoms with Crippen molar-refractivity contribution < 1.29 is 4.74 Å². The van der Waals surface area contributed by atoms with Gasteiger partial charge in [-0.25, -0.2) is 0 Å². The van der Waals surface area contributed by atoms with Crippen molar-refractivity contribution in [2.75, 3.05) is 39.9 Å². The molecular formula is C22H37IN4O. The molecule has 5 nitrogen and oxygen atoms in total. The number of ether oxygens (including phenoxy) is 1. The molecule has 0 radical (unpaired) electrons. The van der Waals surface area contributed by atoms with E-state index in [1.165, 1.54) is 5.56 Å². The summed E-state index contributed by atoms with van der Waals surface area (Å²) in [6.07, 6.45) is 2.09. The summed E-state index contributed by atoms with van der Waals surface area (Å²) in [5, 5.41) is 7.31. The lowest BCUT2D eigenvalue weighted by molar-refractivity contribution is 0.0513. The first-order valence-corrected chi connectivity index (χ1v) is 10.4. The molecule has 2 heterocycles. The first kappa shape index (κ1) is 23.4. The van der Waals surface area contributed by atoms with Crippen molar-refractivity contribution in [1.82, 2.24) is 15.5 Å². The monoisotopic (exact) mass is 500 g/mol. The van der Waals surface area contributed by atoms with Crippen LogP contribution < -0.4 is 10.6 Å². The van der Waals surface area contributed by atoms with Gasteiger partial charge in [-0.05, 0) is 38.2 Å². The molecule has 158 valence electrons. The van der Waals surface area contributed by atoms with Crippen molar-refractivity contribution in [2.24, 2.45) is 10.9 Å². The minimum Gasteiger partial charge on any atom is -0.381 e. The number of nitrogens with one attached hydrogen (secondary N) is 2. The standard InChI is InChI=1S/C22H36N4O.HI/c1-17(2)26-14-18(3)20(15-26)25-21(23-4)24-16-22(10-12-27-13-11-22)19-8-6-5-7-9-19;/h5-9,17-18,20H,10-16H2,1-4H3,(H2,23,24,25);1H. The maximum atomic E-state index is 5.66. The molecule has 1 aromatic rings. The van der Waals surface area contributed by atoms with Crippen molar-refractivity contribution in [3.05, 3.63) is 35.9 Å². The highest BCUT2D eigenvalue weighted by atomic mass is 127. The highest BCUT2D eigenvalue weighted by molar-refractivity contribution is 14.0. The van der Waals surface area contributed by atoms with Gasteiger partial charge in [-0.3, -0.25) is 9.89 Å². The average Bonchev–Trinajstić information content (AvgIpc) is 3.07. The Morgan fingerprint density at radius 1 is 1.21 bits per heavy atom. The third kappa shape index (κ3) is 5.60. The van der Waals surface area contributed by atoms with Crippen LogP contribution in [-0.2, 0) is 10.2 Å². The number of likely N-dealkylation sites (tertiary alicyclic amines) is 1. The van der Waals surface area contributed by atoms with Gasteiger partial charge in [-0.1, -0.05) is 37.3 Å². The number of benzene rings is 1. The van der Waals surface area contributed by atoms with Crippen LogP contribution in [0.15, 0.2) is 35.3 Å². The molecule has 2 atom stereocenters. The third-order valence-corrected chi connectivity index (χ3v) is 6.35. The van der Waals surface area contributed by atoms with E-state index in [4.69, 9.17) is 4.74 Å². The number of halogens is 1. The minimum absolute atomic E-state index is 0. The predicted octanol–water partition coefficient (Wildman–Crippen LogP) is 3.25. The van der Waals surface area contributed by atoms with Gasteiger partial charge >= 0.3 is 0 Å². The summed E-state index contributed by atoms with van der Waals surface area (Å²) in [5.41, 5.74) is 1.51. The molecule has 28 heavy (non-hydrogen) atoms. The molecule has 0 saturated carbocycles. The Labute approximate surface area is 187 Å². The smallest absolute Gasteiger partial charge is 0.191 e. The summed E-state index contributed by atoms with van der Waals surface area (Å²) in [6, 6.07) is 11.9. The van der Waals surface area contributed by atoms with Crippen LogP contribution in [0.2, 0.25) is 0 Å². The van der Waals surface area contributed by atoms with Crippen LogP contribution in [-0.4, -0.2) is 62.8 Å². The molecule has 2 aliphatic heterocycles. The molecule has 3 rings (SSSR count). The van der Waals surface area contributed by atoms with E-state index < -0.39 is 0 Å². The average molecular weight is 500 g/mol. The van der Waals surface area contributed by atoms with Gasteiger partial charge in [0, 0.05) is 57.4 Å². The highest BCUT2D eigenvalue weighted by Gasteiger charge is 2.35. The van der Waals surface area contributed by atoms with E-state index in [9.17, 15) is 0 Å². The second-order valence-electron chi connectivity index (χ2n) is 8.46. The maximum absolute atomic E-state index is 5.66. The summed E-state index contributed by atoms with van der Waals surface area (Å²) in [5.74, 6) is 1.54.